The second kappa shape index (κ2) is 4.42. The summed E-state index contributed by atoms with van der Waals surface area (Å²) in [5.74, 6) is 0.415. The predicted octanol–water partition coefficient (Wildman–Crippen LogP) is -0.403. The largest absolute Gasteiger partial charge is 0.384 e. The monoisotopic (exact) mass is 251 g/mol. The van der Waals surface area contributed by atoms with Crippen molar-refractivity contribution in [2.45, 2.75) is 10.1 Å². The summed E-state index contributed by atoms with van der Waals surface area (Å²) in [6.07, 6.45) is 1.57. The SMILES string of the molecule is Cn1[nH]c(=O)c(=O)nc1Sc1ccc(N)nc1. The number of pyridine rings is 1. The van der Waals surface area contributed by atoms with Crippen molar-refractivity contribution in [3.8, 4) is 0 Å². The first-order chi connectivity index (χ1) is 8.06. The number of hydrogen-bond donors (Lipinski definition) is 2. The highest BCUT2D eigenvalue weighted by molar-refractivity contribution is 7.99. The average Bonchev–Trinajstić information content (AvgIpc) is 2.29. The van der Waals surface area contributed by atoms with Crippen molar-refractivity contribution in [1.29, 1.82) is 0 Å². The first-order valence-electron chi connectivity index (χ1n) is 4.63. The van der Waals surface area contributed by atoms with Crippen LogP contribution in [0.15, 0.2) is 38.0 Å². The van der Waals surface area contributed by atoms with Crippen LogP contribution in [-0.2, 0) is 7.05 Å². The summed E-state index contributed by atoms with van der Waals surface area (Å²) < 4.78 is 1.38. The summed E-state index contributed by atoms with van der Waals surface area (Å²) in [7, 11) is 1.60. The second-order valence-electron chi connectivity index (χ2n) is 3.22. The van der Waals surface area contributed by atoms with E-state index in [0.29, 0.717) is 11.0 Å². The molecule has 88 valence electrons. The molecule has 0 aliphatic heterocycles. The Morgan fingerprint density at radius 3 is 2.82 bits per heavy atom. The molecule has 7 nitrogen and oxygen atoms in total. The Kier molecular flexibility index (Phi) is 2.96. The molecule has 0 aliphatic rings. The first-order valence-corrected chi connectivity index (χ1v) is 5.44. The Morgan fingerprint density at radius 1 is 1.41 bits per heavy atom. The zero-order chi connectivity index (χ0) is 12.4. The van der Waals surface area contributed by atoms with E-state index in [1.807, 2.05) is 0 Å². The third-order valence-electron chi connectivity index (χ3n) is 1.92. The van der Waals surface area contributed by atoms with E-state index in [1.165, 1.54) is 16.4 Å². The van der Waals surface area contributed by atoms with Gasteiger partial charge in [-0.25, -0.2) is 4.98 Å². The summed E-state index contributed by atoms with van der Waals surface area (Å²) in [4.78, 5) is 30.5. The van der Waals surface area contributed by atoms with Crippen LogP contribution in [0.2, 0.25) is 0 Å². The zero-order valence-corrected chi connectivity index (χ0v) is 9.69. The van der Waals surface area contributed by atoms with Crippen molar-refractivity contribution in [3.05, 3.63) is 39.0 Å². The maximum absolute atomic E-state index is 11.1. The van der Waals surface area contributed by atoms with Crippen LogP contribution in [0.25, 0.3) is 0 Å². The molecule has 0 amide bonds. The molecule has 3 N–H and O–H groups in total. The molecule has 0 saturated carbocycles. The second-order valence-corrected chi connectivity index (χ2v) is 4.26. The number of nitrogens with two attached hydrogens (primary N) is 1. The molecule has 0 atom stereocenters. The van der Waals surface area contributed by atoms with Gasteiger partial charge in [-0.15, -0.1) is 0 Å². The van der Waals surface area contributed by atoms with E-state index >= 15 is 0 Å². The molecule has 0 radical (unpaired) electrons. The van der Waals surface area contributed by atoms with Gasteiger partial charge in [0.2, 0.25) is 0 Å². The summed E-state index contributed by atoms with van der Waals surface area (Å²) in [6, 6.07) is 3.40. The molecule has 2 aromatic rings. The van der Waals surface area contributed by atoms with Crippen LogP contribution in [0.3, 0.4) is 0 Å². The van der Waals surface area contributed by atoms with Crippen LogP contribution >= 0.6 is 11.8 Å². The van der Waals surface area contributed by atoms with Gasteiger partial charge in [0.05, 0.1) is 0 Å². The Labute approximate surface area is 99.7 Å². The number of aromatic amines is 1. The van der Waals surface area contributed by atoms with Crippen LogP contribution in [-0.4, -0.2) is 19.7 Å². The van der Waals surface area contributed by atoms with E-state index in [4.69, 9.17) is 5.73 Å². The van der Waals surface area contributed by atoms with Crippen LogP contribution in [0.4, 0.5) is 5.82 Å². The molecular weight excluding hydrogens is 242 g/mol. The highest BCUT2D eigenvalue weighted by atomic mass is 32.2. The summed E-state index contributed by atoms with van der Waals surface area (Å²) in [6.45, 7) is 0. The quantitative estimate of drug-likeness (QED) is 0.703. The van der Waals surface area contributed by atoms with Crippen molar-refractivity contribution in [3.63, 3.8) is 0 Å². The molecule has 0 spiro atoms. The van der Waals surface area contributed by atoms with E-state index in [9.17, 15) is 9.59 Å². The molecule has 2 aromatic heterocycles. The Morgan fingerprint density at radius 2 is 2.18 bits per heavy atom. The van der Waals surface area contributed by atoms with Gasteiger partial charge in [-0.1, -0.05) is 0 Å². The van der Waals surface area contributed by atoms with Gasteiger partial charge in [0.1, 0.15) is 5.82 Å². The molecule has 0 aromatic carbocycles. The maximum Gasteiger partial charge on any atom is 0.339 e. The minimum Gasteiger partial charge on any atom is -0.384 e. The fourth-order valence-corrected chi connectivity index (χ4v) is 1.87. The van der Waals surface area contributed by atoms with Crippen molar-refractivity contribution in [2.75, 3.05) is 5.73 Å². The number of nitrogen functional groups attached to an aromatic ring is 1. The average molecular weight is 251 g/mol. The summed E-state index contributed by atoms with van der Waals surface area (Å²) >= 11 is 1.21. The van der Waals surface area contributed by atoms with Gasteiger partial charge in [0.25, 0.3) is 0 Å². The van der Waals surface area contributed by atoms with Gasteiger partial charge in [-0.2, -0.15) is 4.98 Å². The molecule has 2 heterocycles. The number of anilines is 1. The molecule has 0 bridgehead atoms. The van der Waals surface area contributed by atoms with E-state index < -0.39 is 11.1 Å². The minimum atomic E-state index is -0.811. The number of hydrogen-bond acceptors (Lipinski definition) is 6. The number of nitrogens with zero attached hydrogens (tertiary/aromatic N) is 3. The lowest BCUT2D eigenvalue weighted by Gasteiger charge is -2.05. The first kappa shape index (κ1) is 11.4. The van der Waals surface area contributed by atoms with Gasteiger partial charge >= 0.3 is 11.1 Å². The van der Waals surface area contributed by atoms with Crippen LogP contribution in [0.5, 0.6) is 0 Å². The lowest BCUT2D eigenvalue weighted by atomic mass is 10.5. The fourth-order valence-electron chi connectivity index (χ4n) is 1.11. The summed E-state index contributed by atoms with van der Waals surface area (Å²) in [5.41, 5.74) is 3.90. The zero-order valence-electron chi connectivity index (χ0n) is 8.88. The third kappa shape index (κ3) is 2.53. The number of H-pyrrole nitrogens is 1. The van der Waals surface area contributed by atoms with Crippen molar-refractivity contribution in [1.82, 2.24) is 19.7 Å². The van der Waals surface area contributed by atoms with Gasteiger partial charge in [0, 0.05) is 18.1 Å². The topological polar surface area (TPSA) is 107 Å². The number of aromatic nitrogens is 4. The lowest BCUT2D eigenvalue weighted by molar-refractivity contribution is 0.596. The van der Waals surface area contributed by atoms with Gasteiger partial charge in [-0.3, -0.25) is 19.4 Å². The predicted molar refractivity (Wildman–Crippen MR) is 62.9 cm³/mol. The normalized spacial score (nSPS) is 10.4. The fraction of sp³-hybridized carbons (Fsp3) is 0.111. The van der Waals surface area contributed by atoms with E-state index in [0.717, 1.165) is 4.90 Å². The van der Waals surface area contributed by atoms with Gasteiger partial charge in [-0.05, 0) is 23.9 Å². The highest BCUT2D eigenvalue weighted by Crippen LogP contribution is 2.23. The molecule has 0 unspecified atom stereocenters. The Balaban J connectivity index is 2.36. The maximum atomic E-state index is 11.1. The Bertz CT molecular complexity index is 646. The molecule has 17 heavy (non-hydrogen) atoms. The van der Waals surface area contributed by atoms with Crippen molar-refractivity contribution >= 4 is 17.6 Å². The van der Waals surface area contributed by atoms with E-state index in [1.54, 1.807) is 25.4 Å². The lowest BCUT2D eigenvalue weighted by Crippen LogP contribution is -2.33. The standard InChI is InChI=1S/C9H9N5O2S/c1-14-9(12-7(15)8(16)13-14)17-5-2-3-6(10)11-4-5/h2-4H,1H3,(H2,10,11)(H,13,16). The molecule has 0 aliphatic carbocycles. The van der Waals surface area contributed by atoms with Crippen molar-refractivity contribution < 1.29 is 0 Å². The van der Waals surface area contributed by atoms with Gasteiger partial charge < -0.3 is 5.73 Å². The van der Waals surface area contributed by atoms with Gasteiger partial charge in [0.15, 0.2) is 5.16 Å². The molecule has 0 fully saturated rings. The third-order valence-corrected chi connectivity index (χ3v) is 2.94. The molecular formula is C9H9N5O2S. The van der Waals surface area contributed by atoms with Crippen molar-refractivity contribution in [2.24, 2.45) is 7.05 Å². The minimum absolute atomic E-state index is 0.376. The number of rotatable bonds is 2. The Hall–Kier alpha value is -2.09. The number of nitrogens with one attached hydrogen (secondary N) is 1. The molecule has 0 saturated heterocycles. The van der Waals surface area contributed by atoms with Crippen LogP contribution < -0.4 is 16.9 Å². The molecule has 2 rings (SSSR count). The smallest absolute Gasteiger partial charge is 0.339 e. The van der Waals surface area contributed by atoms with Crippen LogP contribution in [0.1, 0.15) is 0 Å². The summed E-state index contributed by atoms with van der Waals surface area (Å²) in [5, 5.41) is 2.73. The molecule has 8 heteroatoms. The van der Waals surface area contributed by atoms with Crippen LogP contribution in [0, 0.1) is 0 Å². The number of aryl methyl sites for hydroxylation is 1. The van der Waals surface area contributed by atoms with E-state index in [2.05, 4.69) is 15.1 Å². The highest BCUT2D eigenvalue weighted by Gasteiger charge is 2.06. The van der Waals surface area contributed by atoms with E-state index in [-0.39, 0.29) is 0 Å².